The number of benzene rings is 1. The van der Waals surface area contributed by atoms with Crippen LogP contribution in [0.15, 0.2) is 23.2 Å². The third kappa shape index (κ3) is 5.61. The summed E-state index contributed by atoms with van der Waals surface area (Å²) in [6.07, 6.45) is 1.90. The molecule has 0 aliphatic carbocycles. The van der Waals surface area contributed by atoms with Crippen LogP contribution in [0.5, 0.6) is 11.5 Å². The second kappa shape index (κ2) is 10.0. The predicted octanol–water partition coefficient (Wildman–Crippen LogP) is 2.16. The van der Waals surface area contributed by atoms with Gasteiger partial charge in [-0.05, 0) is 39.1 Å². The molecule has 0 bridgehead atoms. The third-order valence-electron chi connectivity index (χ3n) is 4.57. The van der Waals surface area contributed by atoms with E-state index in [1.54, 1.807) is 14.2 Å². The van der Waals surface area contributed by atoms with Gasteiger partial charge in [0.05, 0.1) is 20.8 Å². The van der Waals surface area contributed by atoms with E-state index in [9.17, 15) is 0 Å². The first kappa shape index (κ1) is 21.8. The lowest BCUT2D eigenvalue weighted by Gasteiger charge is -2.41. The second-order valence-electron chi connectivity index (χ2n) is 6.13. The van der Waals surface area contributed by atoms with E-state index in [4.69, 9.17) is 19.9 Å². The van der Waals surface area contributed by atoms with Crippen LogP contribution in [0.1, 0.15) is 12.8 Å². The second-order valence-corrected chi connectivity index (χ2v) is 6.13. The van der Waals surface area contributed by atoms with Crippen LogP contribution in [0.4, 0.5) is 5.69 Å². The molecule has 0 radical (unpaired) electrons. The first-order chi connectivity index (χ1) is 11.5. The van der Waals surface area contributed by atoms with Crippen molar-refractivity contribution in [3.63, 3.8) is 0 Å². The fourth-order valence-electron chi connectivity index (χ4n) is 2.83. The summed E-state index contributed by atoms with van der Waals surface area (Å²) in [4.78, 5) is 6.77. The summed E-state index contributed by atoms with van der Waals surface area (Å²) in [6, 6.07) is 5.53. The normalized spacial score (nSPS) is 16.9. The molecule has 1 aromatic carbocycles. The molecule has 1 aliphatic rings. The number of likely N-dealkylation sites (N-methyl/N-ethyl adjacent to an activating group) is 1. The minimum Gasteiger partial charge on any atom is -0.493 e. The quantitative estimate of drug-likeness (QED) is 0.382. The summed E-state index contributed by atoms with van der Waals surface area (Å²) < 4.78 is 16.0. The van der Waals surface area contributed by atoms with Crippen LogP contribution in [0.25, 0.3) is 0 Å². The molecule has 1 aromatic rings. The van der Waals surface area contributed by atoms with Gasteiger partial charge in [-0.2, -0.15) is 0 Å². The Morgan fingerprint density at radius 2 is 1.88 bits per heavy atom. The van der Waals surface area contributed by atoms with Gasteiger partial charge in [-0.1, -0.05) is 0 Å². The number of hydrogen-bond acceptors (Lipinski definition) is 5. The Hall–Kier alpha value is -1.26. The molecule has 7 nitrogen and oxygen atoms in total. The smallest absolute Gasteiger partial charge is 0.193 e. The van der Waals surface area contributed by atoms with E-state index >= 15 is 0 Å². The Kier molecular flexibility index (Phi) is 8.74. The summed E-state index contributed by atoms with van der Waals surface area (Å²) in [5.41, 5.74) is 6.87. The van der Waals surface area contributed by atoms with Crippen molar-refractivity contribution in [1.82, 2.24) is 4.90 Å². The van der Waals surface area contributed by atoms with Gasteiger partial charge in [0.2, 0.25) is 0 Å². The van der Waals surface area contributed by atoms with Crippen LogP contribution in [-0.4, -0.2) is 64.5 Å². The molecule has 142 valence electrons. The number of hydrogen-bond donors (Lipinski definition) is 2. The van der Waals surface area contributed by atoms with E-state index in [1.807, 2.05) is 18.2 Å². The van der Waals surface area contributed by atoms with Gasteiger partial charge in [0.25, 0.3) is 0 Å². The highest BCUT2D eigenvalue weighted by atomic mass is 127. The van der Waals surface area contributed by atoms with Gasteiger partial charge in [0, 0.05) is 30.5 Å². The van der Waals surface area contributed by atoms with Gasteiger partial charge in [0.15, 0.2) is 17.5 Å². The molecule has 3 N–H and O–H groups in total. The fraction of sp³-hybridized carbons (Fsp3) is 0.588. The number of rotatable bonds is 6. The van der Waals surface area contributed by atoms with E-state index in [1.165, 1.54) is 0 Å². The maximum atomic E-state index is 6.06. The van der Waals surface area contributed by atoms with Crippen LogP contribution in [0.3, 0.4) is 0 Å². The lowest BCUT2D eigenvalue weighted by atomic mass is 9.89. The van der Waals surface area contributed by atoms with Crippen molar-refractivity contribution in [1.29, 1.82) is 0 Å². The highest BCUT2D eigenvalue weighted by molar-refractivity contribution is 14.0. The number of anilines is 1. The average molecular weight is 464 g/mol. The Labute approximate surface area is 166 Å². The van der Waals surface area contributed by atoms with Crippen molar-refractivity contribution in [2.75, 3.05) is 53.4 Å². The molecule has 0 unspecified atom stereocenters. The number of nitrogens with zero attached hydrogens (tertiary/aromatic N) is 2. The zero-order valence-electron chi connectivity index (χ0n) is 15.4. The zero-order valence-corrected chi connectivity index (χ0v) is 17.7. The first-order valence-electron chi connectivity index (χ1n) is 8.05. The third-order valence-corrected chi connectivity index (χ3v) is 4.57. The number of guanidine groups is 1. The van der Waals surface area contributed by atoms with Crippen molar-refractivity contribution in [3.05, 3.63) is 18.2 Å². The number of nitrogens with two attached hydrogens (primary N) is 1. The fourth-order valence-corrected chi connectivity index (χ4v) is 2.83. The molecule has 2 rings (SSSR count). The van der Waals surface area contributed by atoms with Crippen LogP contribution in [-0.2, 0) is 4.74 Å². The Morgan fingerprint density at radius 1 is 1.24 bits per heavy atom. The maximum absolute atomic E-state index is 6.06. The van der Waals surface area contributed by atoms with Crippen molar-refractivity contribution in [2.45, 2.75) is 18.4 Å². The predicted molar refractivity (Wildman–Crippen MR) is 112 cm³/mol. The molecule has 1 saturated heterocycles. The first-order valence-corrected chi connectivity index (χ1v) is 8.05. The highest BCUT2D eigenvalue weighted by Crippen LogP contribution is 2.30. The van der Waals surface area contributed by atoms with Crippen molar-refractivity contribution in [3.8, 4) is 11.5 Å². The number of nitrogens with one attached hydrogen (secondary N) is 1. The van der Waals surface area contributed by atoms with Gasteiger partial charge >= 0.3 is 0 Å². The summed E-state index contributed by atoms with van der Waals surface area (Å²) >= 11 is 0. The highest BCUT2D eigenvalue weighted by Gasteiger charge is 2.34. The van der Waals surface area contributed by atoms with E-state index in [0.717, 1.165) is 31.7 Å². The standard InChI is InChI=1S/C17H28N4O3.HI/c1-21(2)17(7-9-24-10-8-17)12-19-16(18)20-13-5-6-14(22-3)15(11-13)23-4;/h5-6,11H,7-10,12H2,1-4H3,(H3,18,19,20);1H. The molecule has 0 spiro atoms. The largest absolute Gasteiger partial charge is 0.493 e. The van der Waals surface area contributed by atoms with E-state index in [0.29, 0.717) is 24.0 Å². The Balaban J connectivity index is 0.00000312. The zero-order chi connectivity index (χ0) is 17.6. The molecular formula is C17H29IN4O3. The van der Waals surface area contributed by atoms with Gasteiger partial charge in [-0.15, -0.1) is 24.0 Å². The lowest BCUT2D eigenvalue weighted by Crippen LogP contribution is -2.51. The van der Waals surface area contributed by atoms with Crippen molar-refractivity contribution >= 4 is 35.6 Å². The van der Waals surface area contributed by atoms with Gasteiger partial charge in [-0.25, -0.2) is 0 Å². The topological polar surface area (TPSA) is 81.3 Å². The van der Waals surface area contributed by atoms with Crippen LogP contribution < -0.4 is 20.5 Å². The number of ether oxygens (including phenoxy) is 3. The van der Waals surface area contributed by atoms with Crippen molar-refractivity contribution < 1.29 is 14.2 Å². The van der Waals surface area contributed by atoms with Gasteiger partial charge < -0.3 is 30.2 Å². The molecule has 0 amide bonds. The van der Waals surface area contributed by atoms with Crippen LogP contribution in [0.2, 0.25) is 0 Å². The summed E-state index contributed by atoms with van der Waals surface area (Å²) in [5, 5.41) is 3.11. The van der Waals surface area contributed by atoms with Gasteiger partial charge in [-0.3, -0.25) is 4.99 Å². The molecule has 8 heteroatoms. The molecular weight excluding hydrogens is 435 g/mol. The number of methoxy groups -OCH3 is 2. The summed E-state index contributed by atoms with van der Waals surface area (Å²) in [5.74, 6) is 1.70. The lowest BCUT2D eigenvalue weighted by molar-refractivity contribution is -0.00249. The van der Waals surface area contributed by atoms with Crippen LogP contribution in [0, 0.1) is 0 Å². The van der Waals surface area contributed by atoms with Gasteiger partial charge in [0.1, 0.15) is 0 Å². The molecule has 1 aliphatic heterocycles. The minimum atomic E-state index is 0. The summed E-state index contributed by atoms with van der Waals surface area (Å²) in [6.45, 7) is 2.16. The molecule has 1 fully saturated rings. The minimum absolute atomic E-state index is 0. The van der Waals surface area contributed by atoms with Crippen LogP contribution >= 0.6 is 24.0 Å². The monoisotopic (exact) mass is 464 g/mol. The molecule has 1 heterocycles. The van der Waals surface area contributed by atoms with E-state index < -0.39 is 0 Å². The average Bonchev–Trinajstić information content (AvgIpc) is 2.60. The molecule has 0 saturated carbocycles. The number of aliphatic imine (C=N–C) groups is 1. The molecule has 0 atom stereocenters. The SMILES string of the molecule is COc1ccc(NC(N)=NCC2(N(C)C)CCOCC2)cc1OC.I. The summed E-state index contributed by atoms with van der Waals surface area (Å²) in [7, 11) is 7.37. The van der Waals surface area contributed by atoms with Crippen molar-refractivity contribution in [2.24, 2.45) is 10.7 Å². The van der Waals surface area contributed by atoms with E-state index in [-0.39, 0.29) is 29.5 Å². The molecule has 0 aromatic heterocycles. The van der Waals surface area contributed by atoms with E-state index in [2.05, 4.69) is 29.3 Å². The molecule has 25 heavy (non-hydrogen) atoms. The Morgan fingerprint density at radius 3 is 2.44 bits per heavy atom. The Bertz CT molecular complexity index is 575. The number of halogens is 1. The maximum Gasteiger partial charge on any atom is 0.193 e.